The SMILES string of the molecule is [Ag].[Au].[Co].[Cu].[Ni].[Pt].[Sn]. The average Bonchev–Trinajstić information content (AvgIpc) is 0. The summed E-state index contributed by atoms with van der Waals surface area (Å²) in [4.78, 5) is 0. The Kier molecular flexibility index (Phi) is 420. The van der Waals surface area contributed by atoms with Crippen LogP contribution < -0.4 is 0 Å². The summed E-state index contributed by atoms with van der Waals surface area (Å²) in [5.74, 6) is 0. The van der Waals surface area contributed by atoms with Crippen LogP contribution in [0.15, 0.2) is 0 Å². The molecule has 0 unspecified atom stereocenters. The van der Waals surface area contributed by atoms with Crippen LogP contribution in [-0.4, -0.2) is 23.9 Å². The van der Waals surface area contributed by atoms with Gasteiger partial charge in [0, 0.05) is 140 Å². The third kappa shape index (κ3) is 37.5. The maximum Gasteiger partial charge on any atom is 0 e. The van der Waals surface area contributed by atoms with Crippen LogP contribution in [0.4, 0.5) is 0 Å². The molecule has 0 amide bonds. The first-order valence-corrected chi connectivity index (χ1v) is 0. The molecule has 66 valence electrons. The standard InChI is InChI=1S/Ag.Au.Co.Cu.Ni.Pt.Sn. The van der Waals surface area contributed by atoms with E-state index < -0.39 is 0 Å². The monoisotopic (exact) mass is 799 g/mol. The van der Waals surface area contributed by atoms with Gasteiger partial charge < -0.3 is 0 Å². The Hall–Kier alpha value is 4.49. The maximum atomic E-state index is 0. The van der Waals surface area contributed by atoms with Crippen LogP contribution in [0, 0.1) is 0 Å². The second-order valence-electron chi connectivity index (χ2n) is 0. The van der Waals surface area contributed by atoms with E-state index in [0.29, 0.717) is 0 Å². The molecule has 0 atom stereocenters. The summed E-state index contributed by atoms with van der Waals surface area (Å²) < 4.78 is 0. The van der Waals surface area contributed by atoms with Gasteiger partial charge in [-0.15, -0.1) is 0 Å². The van der Waals surface area contributed by atoms with Crippen molar-refractivity contribution in [3.05, 3.63) is 0 Å². The van der Waals surface area contributed by atoms with Crippen LogP contribution in [0.2, 0.25) is 0 Å². The summed E-state index contributed by atoms with van der Waals surface area (Å²) in [5.41, 5.74) is 0. The Morgan fingerprint density at radius 2 is 1.00 bits per heavy atom. The molecule has 0 spiro atoms. The van der Waals surface area contributed by atoms with Crippen LogP contribution in [0.25, 0.3) is 0 Å². The van der Waals surface area contributed by atoms with Crippen LogP contribution in [-0.2, 0) is 116 Å². The molecule has 0 saturated carbocycles. The Morgan fingerprint density at radius 1 is 1.00 bits per heavy atom. The van der Waals surface area contributed by atoms with E-state index in [1.54, 1.807) is 0 Å². The third-order valence-electron chi connectivity index (χ3n) is 0. The van der Waals surface area contributed by atoms with Crippen molar-refractivity contribution < 1.29 is 116 Å². The fourth-order valence-corrected chi connectivity index (χ4v) is 0. The first kappa shape index (κ1) is 62.7. The summed E-state index contributed by atoms with van der Waals surface area (Å²) in [6.45, 7) is 0. The first-order chi connectivity index (χ1) is 0. The molecule has 8 radical (unpaired) electrons. The van der Waals surface area contributed by atoms with E-state index in [2.05, 4.69) is 0 Å². The zero-order valence-electron chi connectivity index (χ0n) is 2.37. The third-order valence-corrected chi connectivity index (χ3v) is 0. The van der Waals surface area contributed by atoms with Gasteiger partial charge in [-0.3, -0.25) is 0 Å². The molecule has 0 aromatic rings. The Labute approximate surface area is 137 Å². The largest absolute Gasteiger partial charge is 0 e. The van der Waals surface area contributed by atoms with Crippen LogP contribution >= 0.6 is 0 Å². The van der Waals surface area contributed by atoms with Gasteiger partial charge in [-0.05, 0) is 0 Å². The van der Waals surface area contributed by atoms with Gasteiger partial charge in [0.15, 0.2) is 0 Å². The molecule has 7 heteroatoms. The van der Waals surface area contributed by atoms with E-state index >= 15 is 0 Å². The van der Waals surface area contributed by atoms with Crippen LogP contribution in [0.3, 0.4) is 0 Å². The molecule has 0 nitrogen and oxygen atoms in total. The van der Waals surface area contributed by atoms with Crippen LogP contribution in [0.5, 0.6) is 0 Å². The summed E-state index contributed by atoms with van der Waals surface area (Å²) in [6, 6.07) is 0. The second-order valence-corrected chi connectivity index (χ2v) is 0. The molecule has 0 aliphatic carbocycles. The predicted molar refractivity (Wildman–Crippen MR) is 5.75 cm³/mol. The minimum atomic E-state index is 0. The fraction of sp³-hybridized carbons (Fsp3) is 0. The van der Waals surface area contributed by atoms with E-state index in [9.17, 15) is 0 Å². The zero-order chi connectivity index (χ0) is 0. The van der Waals surface area contributed by atoms with Gasteiger partial charge in [0.1, 0.15) is 0 Å². The van der Waals surface area contributed by atoms with E-state index in [-0.39, 0.29) is 140 Å². The zero-order valence-corrected chi connectivity index (χ0v) is 14.1. The number of hydrogen-bond donors (Lipinski definition) is 0. The van der Waals surface area contributed by atoms with Crippen molar-refractivity contribution in [2.45, 2.75) is 0 Å². The van der Waals surface area contributed by atoms with Gasteiger partial charge in [-0.25, -0.2) is 0 Å². The Balaban J connectivity index is 0. The van der Waals surface area contributed by atoms with E-state index in [4.69, 9.17) is 0 Å². The average molecular weight is 800 g/mol. The first-order valence-electron chi connectivity index (χ1n) is 0. The Bertz CT molecular complexity index is 19.7. The van der Waals surface area contributed by atoms with Gasteiger partial charge in [-0.1, -0.05) is 0 Å². The van der Waals surface area contributed by atoms with Gasteiger partial charge in [0.05, 0.1) is 0 Å². The molecule has 0 heterocycles. The number of rotatable bonds is 0. The van der Waals surface area contributed by atoms with Gasteiger partial charge >= 0.3 is 0 Å². The van der Waals surface area contributed by atoms with E-state index in [1.807, 2.05) is 0 Å². The maximum absolute atomic E-state index is 0. The minimum absolute atomic E-state index is 0. The van der Waals surface area contributed by atoms with Crippen molar-refractivity contribution >= 4 is 23.9 Å². The van der Waals surface area contributed by atoms with Crippen molar-refractivity contribution in [2.75, 3.05) is 0 Å². The van der Waals surface area contributed by atoms with Gasteiger partial charge in [0.2, 0.25) is 0 Å². The van der Waals surface area contributed by atoms with Crippen molar-refractivity contribution in [1.29, 1.82) is 0 Å². The molecule has 0 aromatic carbocycles. The molecule has 0 aliphatic rings. The molecule has 0 bridgehead atoms. The summed E-state index contributed by atoms with van der Waals surface area (Å²) in [6.07, 6.45) is 0. The second kappa shape index (κ2) is 46.9. The summed E-state index contributed by atoms with van der Waals surface area (Å²) >= 11 is 0. The fourth-order valence-electron chi connectivity index (χ4n) is 0. The Morgan fingerprint density at radius 3 is 1.00 bits per heavy atom. The summed E-state index contributed by atoms with van der Waals surface area (Å²) in [7, 11) is 0. The number of hydrogen-bond acceptors (Lipinski definition) is 0. The van der Waals surface area contributed by atoms with Gasteiger partial charge in [-0.2, -0.15) is 0 Å². The molecule has 0 saturated heterocycles. The topological polar surface area (TPSA) is 0 Å². The molecule has 0 fully saturated rings. The van der Waals surface area contributed by atoms with Crippen molar-refractivity contribution in [1.82, 2.24) is 0 Å². The normalized spacial score (nSPS) is 0. The molecule has 0 aliphatic heterocycles. The minimum Gasteiger partial charge on any atom is 0 e. The van der Waals surface area contributed by atoms with E-state index in [1.165, 1.54) is 0 Å². The van der Waals surface area contributed by atoms with Crippen LogP contribution in [0.1, 0.15) is 0 Å². The quantitative estimate of drug-likeness (QED) is 0.294. The molecule has 0 rings (SSSR count). The van der Waals surface area contributed by atoms with Gasteiger partial charge in [0.25, 0.3) is 0 Å². The molecule has 0 aromatic heterocycles. The van der Waals surface area contributed by atoms with Crippen molar-refractivity contribution in [3.63, 3.8) is 0 Å². The smallest absolute Gasteiger partial charge is 0 e. The van der Waals surface area contributed by atoms with Crippen molar-refractivity contribution in [2.24, 2.45) is 0 Å². The molecule has 7 heavy (non-hydrogen) atoms. The predicted octanol–water partition coefficient (Wildman–Crippen LogP) is -0.396. The molecular formula is AgAuCoCuNiPtSn. The molecule has 0 N–H and O–H groups in total. The van der Waals surface area contributed by atoms with Crippen molar-refractivity contribution in [3.8, 4) is 0 Å². The van der Waals surface area contributed by atoms with E-state index in [0.717, 1.165) is 0 Å². The summed E-state index contributed by atoms with van der Waals surface area (Å²) in [5, 5.41) is 0. The molecular weight excluding hydrogens is 800 g/mol.